The van der Waals surface area contributed by atoms with Crippen molar-refractivity contribution in [1.82, 2.24) is 0 Å². The highest BCUT2D eigenvalue weighted by molar-refractivity contribution is 14.1. The molecular weight excluding hydrogens is 367 g/mol. The third-order valence-electron chi connectivity index (χ3n) is 2.45. The van der Waals surface area contributed by atoms with Crippen molar-refractivity contribution >= 4 is 41.2 Å². The van der Waals surface area contributed by atoms with Crippen LogP contribution in [0.1, 0.15) is 11.1 Å². The number of carboxylic acid groups (broad SMARTS) is 1. The molecule has 1 N–H and O–H groups in total. The maximum atomic E-state index is 8.36. The summed E-state index contributed by atoms with van der Waals surface area (Å²) in [7, 11) is 1.68. The minimum Gasteiger partial charge on any atom is -0.497 e. The van der Waals surface area contributed by atoms with E-state index in [-0.39, 0.29) is 6.47 Å². The van der Waals surface area contributed by atoms with Gasteiger partial charge in [0.2, 0.25) is 0 Å². The van der Waals surface area contributed by atoms with Crippen molar-refractivity contribution in [3.8, 4) is 5.75 Å². The van der Waals surface area contributed by atoms with Crippen LogP contribution in [-0.4, -0.2) is 18.7 Å². The summed E-state index contributed by atoms with van der Waals surface area (Å²) in [6, 6.07) is 16.5. The molecule has 0 spiro atoms. The summed E-state index contributed by atoms with van der Waals surface area (Å²) >= 11 is 2.31. The molecule has 0 aliphatic carbocycles. The van der Waals surface area contributed by atoms with E-state index in [2.05, 4.69) is 59.0 Å². The van der Waals surface area contributed by atoms with Crippen LogP contribution in [0, 0.1) is 3.57 Å². The fraction of sp³-hybridized carbons (Fsp3) is 0.0625. The molecule has 0 amide bonds. The van der Waals surface area contributed by atoms with Gasteiger partial charge in [-0.25, -0.2) is 0 Å². The molecule has 0 heterocycles. The molecule has 3 nitrogen and oxygen atoms in total. The monoisotopic (exact) mass is 382 g/mol. The van der Waals surface area contributed by atoms with E-state index >= 15 is 0 Å². The largest absolute Gasteiger partial charge is 0.497 e. The lowest BCUT2D eigenvalue weighted by Crippen LogP contribution is -1.81. The van der Waals surface area contributed by atoms with E-state index < -0.39 is 0 Å². The Hall–Kier alpha value is -1.82. The quantitative estimate of drug-likeness (QED) is 0.493. The summed E-state index contributed by atoms with van der Waals surface area (Å²) < 4.78 is 6.37. The zero-order valence-electron chi connectivity index (χ0n) is 11.0. The Morgan fingerprint density at radius 3 is 1.75 bits per heavy atom. The van der Waals surface area contributed by atoms with Crippen molar-refractivity contribution in [3.63, 3.8) is 0 Å². The van der Waals surface area contributed by atoms with Crippen LogP contribution in [-0.2, 0) is 4.79 Å². The smallest absolute Gasteiger partial charge is 0.290 e. The number of methoxy groups -OCH3 is 1. The van der Waals surface area contributed by atoms with Crippen molar-refractivity contribution < 1.29 is 14.6 Å². The highest BCUT2D eigenvalue weighted by Gasteiger charge is 1.91. The number of rotatable bonds is 3. The lowest BCUT2D eigenvalue weighted by atomic mass is 10.1. The maximum absolute atomic E-state index is 8.36. The van der Waals surface area contributed by atoms with Crippen LogP contribution in [0.2, 0.25) is 0 Å². The fourth-order valence-electron chi connectivity index (χ4n) is 1.48. The first-order valence-corrected chi connectivity index (χ1v) is 6.93. The molecule has 0 saturated heterocycles. The Morgan fingerprint density at radius 1 is 0.950 bits per heavy atom. The Morgan fingerprint density at radius 2 is 1.35 bits per heavy atom. The third-order valence-corrected chi connectivity index (χ3v) is 3.17. The molecular formula is C16H15IO3. The number of ether oxygens (including phenoxy) is 1. The fourth-order valence-corrected chi connectivity index (χ4v) is 1.84. The van der Waals surface area contributed by atoms with Gasteiger partial charge < -0.3 is 9.84 Å². The van der Waals surface area contributed by atoms with E-state index in [0.29, 0.717) is 0 Å². The standard InChI is InChI=1S/C15H13IO.CH2O2/c1-17-15-10-6-13(7-11-15)3-2-12-4-8-14(16)9-5-12;2-1-3/h2-11H,1H3;1H,(H,2,3)/b3-2+;. The van der Waals surface area contributed by atoms with Crippen LogP contribution in [0.4, 0.5) is 0 Å². The van der Waals surface area contributed by atoms with Gasteiger partial charge in [-0.15, -0.1) is 0 Å². The van der Waals surface area contributed by atoms with E-state index in [1.165, 1.54) is 14.7 Å². The summed E-state index contributed by atoms with van der Waals surface area (Å²) in [5, 5.41) is 6.89. The minimum atomic E-state index is -0.250. The highest BCUT2D eigenvalue weighted by atomic mass is 127. The van der Waals surface area contributed by atoms with E-state index in [1.54, 1.807) is 7.11 Å². The zero-order chi connectivity index (χ0) is 14.8. The third kappa shape index (κ3) is 5.88. The summed E-state index contributed by atoms with van der Waals surface area (Å²) in [6.45, 7) is -0.250. The van der Waals surface area contributed by atoms with Crippen molar-refractivity contribution in [1.29, 1.82) is 0 Å². The second-order valence-electron chi connectivity index (χ2n) is 3.76. The van der Waals surface area contributed by atoms with Crippen molar-refractivity contribution in [2.24, 2.45) is 0 Å². The van der Waals surface area contributed by atoms with Gasteiger partial charge in [0, 0.05) is 3.57 Å². The molecule has 0 aliphatic rings. The second-order valence-corrected chi connectivity index (χ2v) is 5.01. The van der Waals surface area contributed by atoms with Gasteiger partial charge in [-0.2, -0.15) is 0 Å². The van der Waals surface area contributed by atoms with Crippen LogP contribution in [0.5, 0.6) is 5.75 Å². The summed E-state index contributed by atoms with van der Waals surface area (Å²) in [5.41, 5.74) is 2.38. The van der Waals surface area contributed by atoms with Crippen LogP contribution in [0.15, 0.2) is 48.5 Å². The Kier molecular flexibility index (Phi) is 7.42. The van der Waals surface area contributed by atoms with E-state index in [1.807, 2.05) is 24.3 Å². The van der Waals surface area contributed by atoms with E-state index in [4.69, 9.17) is 14.6 Å². The molecule has 0 radical (unpaired) electrons. The van der Waals surface area contributed by atoms with Crippen molar-refractivity contribution in [2.75, 3.05) is 7.11 Å². The summed E-state index contributed by atoms with van der Waals surface area (Å²) in [5.74, 6) is 0.886. The molecule has 0 unspecified atom stereocenters. The molecule has 0 aromatic heterocycles. The molecule has 20 heavy (non-hydrogen) atoms. The normalized spacial score (nSPS) is 9.70. The highest BCUT2D eigenvalue weighted by Crippen LogP contribution is 2.14. The molecule has 2 aromatic rings. The molecule has 0 bridgehead atoms. The number of halogens is 1. The van der Waals surface area contributed by atoms with Crippen molar-refractivity contribution in [3.05, 3.63) is 63.2 Å². The molecule has 0 saturated carbocycles. The van der Waals surface area contributed by atoms with Gasteiger partial charge in [-0.3, -0.25) is 4.79 Å². The summed E-state index contributed by atoms with van der Waals surface area (Å²) in [4.78, 5) is 8.36. The van der Waals surface area contributed by atoms with Gasteiger partial charge in [-0.05, 0) is 58.0 Å². The predicted octanol–water partition coefficient (Wildman–Crippen LogP) is 4.17. The SMILES string of the molecule is COc1ccc(/C=C/c2ccc(I)cc2)cc1.O=CO. The molecule has 0 fully saturated rings. The average molecular weight is 382 g/mol. The van der Waals surface area contributed by atoms with Crippen LogP contribution in [0.25, 0.3) is 12.2 Å². The number of benzene rings is 2. The van der Waals surface area contributed by atoms with Gasteiger partial charge in [0.05, 0.1) is 7.11 Å². The minimum absolute atomic E-state index is 0.250. The van der Waals surface area contributed by atoms with E-state index in [0.717, 1.165) is 5.75 Å². The molecule has 0 aliphatic heterocycles. The van der Waals surface area contributed by atoms with Crippen LogP contribution < -0.4 is 4.74 Å². The Balaban J connectivity index is 0.000000612. The predicted molar refractivity (Wildman–Crippen MR) is 89.8 cm³/mol. The Labute approximate surface area is 132 Å². The van der Waals surface area contributed by atoms with Gasteiger partial charge in [0.15, 0.2) is 0 Å². The molecule has 4 heteroatoms. The summed E-state index contributed by atoms with van der Waals surface area (Å²) in [6.07, 6.45) is 4.21. The zero-order valence-corrected chi connectivity index (χ0v) is 13.2. The van der Waals surface area contributed by atoms with Gasteiger partial charge >= 0.3 is 0 Å². The van der Waals surface area contributed by atoms with Crippen molar-refractivity contribution in [2.45, 2.75) is 0 Å². The number of hydrogen-bond acceptors (Lipinski definition) is 2. The van der Waals surface area contributed by atoms with Gasteiger partial charge in [-0.1, -0.05) is 36.4 Å². The van der Waals surface area contributed by atoms with Crippen LogP contribution >= 0.6 is 22.6 Å². The topological polar surface area (TPSA) is 46.5 Å². The molecule has 0 atom stereocenters. The Bertz CT molecular complexity index is 545. The first-order chi connectivity index (χ1) is 9.69. The molecule has 104 valence electrons. The van der Waals surface area contributed by atoms with E-state index in [9.17, 15) is 0 Å². The first-order valence-electron chi connectivity index (χ1n) is 5.85. The average Bonchev–Trinajstić information content (AvgIpc) is 2.48. The molecule has 2 aromatic carbocycles. The lowest BCUT2D eigenvalue weighted by molar-refractivity contribution is -0.122. The van der Waals surface area contributed by atoms with Gasteiger partial charge in [0.25, 0.3) is 6.47 Å². The first kappa shape index (κ1) is 16.2. The lowest BCUT2D eigenvalue weighted by Gasteiger charge is -1.99. The second kappa shape index (κ2) is 9.14. The van der Waals surface area contributed by atoms with Crippen LogP contribution in [0.3, 0.4) is 0 Å². The molecule has 2 rings (SSSR count). The number of hydrogen-bond donors (Lipinski definition) is 1. The van der Waals surface area contributed by atoms with Gasteiger partial charge in [0.1, 0.15) is 5.75 Å². The maximum Gasteiger partial charge on any atom is 0.290 e. The number of carbonyl (C=O) groups is 1.